The van der Waals surface area contributed by atoms with Crippen LogP contribution in [0.5, 0.6) is 5.75 Å². The van der Waals surface area contributed by atoms with Gasteiger partial charge in [-0.25, -0.2) is 0 Å². The summed E-state index contributed by atoms with van der Waals surface area (Å²) in [6.07, 6.45) is 1.49. The maximum Gasteiger partial charge on any atom is 0.227 e. The molecule has 0 spiro atoms. The van der Waals surface area contributed by atoms with E-state index in [1.54, 1.807) is 29.5 Å². The average molecular weight is 316 g/mol. The molecule has 2 aromatic rings. The highest BCUT2D eigenvalue weighted by Crippen LogP contribution is 2.30. The third-order valence-electron chi connectivity index (χ3n) is 3.30. The summed E-state index contributed by atoms with van der Waals surface area (Å²) in [5.41, 5.74) is 1.25. The molecular weight excluding hydrogens is 300 g/mol. The number of anilines is 2. The summed E-state index contributed by atoms with van der Waals surface area (Å²) in [5, 5.41) is 7.63. The highest BCUT2D eigenvalue weighted by Gasteiger charge is 2.14. The van der Waals surface area contributed by atoms with Crippen LogP contribution >= 0.6 is 11.3 Å². The number of carbonyl (C=O) groups is 2. The number of hydrogen-bond donors (Lipinski definition) is 2. The Morgan fingerprint density at radius 2 is 2.27 bits per heavy atom. The number of carbonyl (C=O) groups excluding carboxylic acids is 2. The van der Waals surface area contributed by atoms with Gasteiger partial charge in [0.2, 0.25) is 11.8 Å². The summed E-state index contributed by atoms with van der Waals surface area (Å²) in [6.45, 7) is 0.366. The Morgan fingerprint density at radius 3 is 3.09 bits per heavy atom. The molecule has 2 heterocycles. The molecule has 6 heteroatoms. The lowest BCUT2D eigenvalue weighted by Gasteiger charge is -2.10. The molecule has 1 aromatic carbocycles. The normalized spacial score (nSPS) is 13.5. The number of benzene rings is 1. The molecule has 2 N–H and O–H groups in total. The Morgan fingerprint density at radius 1 is 1.36 bits per heavy atom. The van der Waals surface area contributed by atoms with Crippen molar-refractivity contribution in [3.05, 3.63) is 40.6 Å². The number of fused-ring (bicyclic) bond motifs is 1. The number of nitrogens with one attached hydrogen (secondary N) is 2. The van der Waals surface area contributed by atoms with Gasteiger partial charge in [0.15, 0.2) is 0 Å². The van der Waals surface area contributed by atoms with Gasteiger partial charge in [0, 0.05) is 17.0 Å². The zero-order valence-corrected chi connectivity index (χ0v) is 12.7. The van der Waals surface area contributed by atoms with E-state index in [0.29, 0.717) is 36.6 Å². The van der Waals surface area contributed by atoms with Crippen LogP contribution in [0.25, 0.3) is 0 Å². The molecule has 0 radical (unpaired) electrons. The number of aryl methyl sites for hydroxylation is 1. The highest BCUT2D eigenvalue weighted by atomic mass is 32.1. The van der Waals surface area contributed by atoms with Gasteiger partial charge in [-0.15, -0.1) is 11.3 Å². The number of ether oxygens (including phenoxy) is 1. The van der Waals surface area contributed by atoms with Gasteiger partial charge < -0.3 is 15.4 Å². The molecule has 114 valence electrons. The first-order valence-electron chi connectivity index (χ1n) is 7.09. The van der Waals surface area contributed by atoms with Crippen LogP contribution in [0.1, 0.15) is 17.7 Å². The van der Waals surface area contributed by atoms with Gasteiger partial charge in [-0.05, 0) is 36.1 Å². The molecule has 0 unspecified atom stereocenters. The van der Waals surface area contributed by atoms with Crippen molar-refractivity contribution in [3.63, 3.8) is 0 Å². The summed E-state index contributed by atoms with van der Waals surface area (Å²) in [5.74, 6) is 0.497. The monoisotopic (exact) mass is 316 g/mol. The van der Waals surface area contributed by atoms with Crippen LogP contribution in [0.2, 0.25) is 0 Å². The summed E-state index contributed by atoms with van der Waals surface area (Å²) in [6, 6.07) is 9.26. The van der Waals surface area contributed by atoms with E-state index in [9.17, 15) is 9.59 Å². The molecular formula is C16H16N2O3S. The first-order chi connectivity index (χ1) is 10.7. The fraction of sp³-hybridized carbons (Fsp3) is 0.250. The Hall–Kier alpha value is -2.34. The molecule has 1 aromatic heterocycles. The minimum Gasteiger partial charge on any atom is -0.491 e. The average Bonchev–Trinajstić information content (AvgIpc) is 2.94. The standard InChI is InChI=1S/C16H16N2O3S/c19-15(6-4-12-2-1-9-22-12)17-11-3-5-14-13(10-11)18-16(20)7-8-21-14/h1-3,5,9-10H,4,6-8H2,(H,17,19)(H,18,20). The number of thiophene rings is 1. The van der Waals surface area contributed by atoms with Gasteiger partial charge in [0.05, 0.1) is 18.7 Å². The van der Waals surface area contributed by atoms with Gasteiger partial charge in [-0.2, -0.15) is 0 Å². The van der Waals surface area contributed by atoms with E-state index in [4.69, 9.17) is 4.74 Å². The Bertz CT molecular complexity index is 683. The van der Waals surface area contributed by atoms with Crippen LogP contribution in [-0.2, 0) is 16.0 Å². The van der Waals surface area contributed by atoms with Crippen molar-refractivity contribution in [2.75, 3.05) is 17.2 Å². The van der Waals surface area contributed by atoms with Crippen LogP contribution in [0.4, 0.5) is 11.4 Å². The molecule has 0 atom stereocenters. The molecule has 0 aliphatic carbocycles. The van der Waals surface area contributed by atoms with Crippen LogP contribution < -0.4 is 15.4 Å². The van der Waals surface area contributed by atoms with E-state index < -0.39 is 0 Å². The predicted molar refractivity (Wildman–Crippen MR) is 86.5 cm³/mol. The van der Waals surface area contributed by atoms with E-state index >= 15 is 0 Å². The molecule has 5 nitrogen and oxygen atoms in total. The lowest BCUT2D eigenvalue weighted by molar-refractivity contribution is -0.117. The molecule has 0 fully saturated rings. The van der Waals surface area contributed by atoms with Gasteiger partial charge in [-0.3, -0.25) is 9.59 Å². The third kappa shape index (κ3) is 3.65. The van der Waals surface area contributed by atoms with E-state index in [1.165, 1.54) is 4.88 Å². The minimum atomic E-state index is -0.0834. The third-order valence-corrected chi connectivity index (χ3v) is 4.24. The van der Waals surface area contributed by atoms with Gasteiger partial charge in [0.25, 0.3) is 0 Å². The van der Waals surface area contributed by atoms with Crippen LogP contribution in [0.3, 0.4) is 0 Å². The number of rotatable bonds is 4. The molecule has 22 heavy (non-hydrogen) atoms. The molecule has 0 bridgehead atoms. The molecule has 3 rings (SSSR count). The van der Waals surface area contributed by atoms with Gasteiger partial charge in [-0.1, -0.05) is 6.07 Å². The summed E-state index contributed by atoms with van der Waals surface area (Å²) in [7, 11) is 0. The fourth-order valence-corrected chi connectivity index (χ4v) is 2.92. The van der Waals surface area contributed by atoms with Crippen molar-refractivity contribution in [1.82, 2.24) is 0 Å². The van der Waals surface area contributed by atoms with E-state index in [-0.39, 0.29) is 11.8 Å². The molecule has 1 aliphatic rings. The summed E-state index contributed by atoms with van der Waals surface area (Å²) in [4.78, 5) is 24.7. The predicted octanol–water partition coefficient (Wildman–Crippen LogP) is 3.04. The van der Waals surface area contributed by atoms with Crippen molar-refractivity contribution >= 4 is 34.5 Å². The first-order valence-corrected chi connectivity index (χ1v) is 7.97. The maximum atomic E-state index is 12.0. The lowest BCUT2D eigenvalue weighted by atomic mass is 10.2. The number of amides is 2. The zero-order chi connectivity index (χ0) is 15.4. The molecule has 0 saturated heterocycles. The second kappa shape index (κ2) is 6.62. The summed E-state index contributed by atoms with van der Waals surface area (Å²) >= 11 is 1.65. The summed E-state index contributed by atoms with van der Waals surface area (Å²) < 4.78 is 5.48. The second-order valence-corrected chi connectivity index (χ2v) is 6.02. The molecule has 0 saturated carbocycles. The van der Waals surface area contributed by atoms with Crippen molar-refractivity contribution in [3.8, 4) is 5.75 Å². The Labute approximate surface area is 132 Å². The number of hydrogen-bond acceptors (Lipinski definition) is 4. The van der Waals surface area contributed by atoms with Gasteiger partial charge in [0.1, 0.15) is 5.75 Å². The van der Waals surface area contributed by atoms with Crippen molar-refractivity contribution in [2.24, 2.45) is 0 Å². The second-order valence-electron chi connectivity index (χ2n) is 4.99. The largest absolute Gasteiger partial charge is 0.491 e. The maximum absolute atomic E-state index is 12.0. The van der Waals surface area contributed by atoms with Crippen LogP contribution in [0.15, 0.2) is 35.7 Å². The molecule has 1 aliphatic heterocycles. The van der Waals surface area contributed by atoms with Crippen molar-refractivity contribution in [1.29, 1.82) is 0 Å². The van der Waals surface area contributed by atoms with Crippen molar-refractivity contribution in [2.45, 2.75) is 19.3 Å². The van der Waals surface area contributed by atoms with Gasteiger partial charge >= 0.3 is 0 Å². The highest BCUT2D eigenvalue weighted by molar-refractivity contribution is 7.09. The first kappa shape index (κ1) is 14.6. The van der Waals surface area contributed by atoms with E-state index in [0.717, 1.165) is 6.42 Å². The smallest absolute Gasteiger partial charge is 0.227 e. The SMILES string of the molecule is O=C(CCc1cccs1)Nc1ccc2c(c1)NC(=O)CCO2. The van der Waals surface area contributed by atoms with Crippen LogP contribution in [-0.4, -0.2) is 18.4 Å². The lowest BCUT2D eigenvalue weighted by Crippen LogP contribution is -2.13. The van der Waals surface area contributed by atoms with E-state index in [2.05, 4.69) is 10.6 Å². The van der Waals surface area contributed by atoms with Crippen molar-refractivity contribution < 1.29 is 14.3 Å². The van der Waals surface area contributed by atoms with E-state index in [1.807, 2.05) is 17.5 Å². The minimum absolute atomic E-state index is 0.0470. The Balaban J connectivity index is 1.62. The Kier molecular flexibility index (Phi) is 4.39. The quantitative estimate of drug-likeness (QED) is 0.911. The molecule has 2 amide bonds. The topological polar surface area (TPSA) is 67.4 Å². The van der Waals surface area contributed by atoms with Crippen LogP contribution in [0, 0.1) is 0 Å². The zero-order valence-electron chi connectivity index (χ0n) is 11.9. The fourth-order valence-electron chi connectivity index (χ4n) is 2.21.